The van der Waals surface area contributed by atoms with Gasteiger partial charge >= 0.3 is 18.7 Å². The highest BCUT2D eigenvalue weighted by Crippen LogP contribution is 2.62. The van der Waals surface area contributed by atoms with Crippen molar-refractivity contribution in [3.05, 3.63) is 0 Å². The first kappa shape index (κ1) is 19.4. The Kier molecular flexibility index (Phi) is 9.92. The summed E-state index contributed by atoms with van der Waals surface area (Å²) in [6.07, 6.45) is 0. The van der Waals surface area contributed by atoms with Crippen LogP contribution < -0.4 is 0 Å². The highest BCUT2D eigenvalue weighted by Gasteiger charge is 2.40. The molecule has 0 heterocycles. The number of hydrogen-bond donors (Lipinski definition) is 0. The second-order valence-electron chi connectivity index (χ2n) is 3.27. The number of esters is 2. The van der Waals surface area contributed by atoms with E-state index in [1.165, 1.54) is 0 Å². The highest BCUT2D eigenvalue weighted by molar-refractivity contribution is 8.56. The fraction of sp³-hybridized carbons (Fsp3) is 0.818. The van der Waals surface area contributed by atoms with Crippen molar-refractivity contribution in [1.82, 2.24) is 0 Å². The highest BCUT2D eigenvalue weighted by atomic mass is 32.7. The van der Waals surface area contributed by atoms with Gasteiger partial charge in [0.05, 0.1) is 26.4 Å². The van der Waals surface area contributed by atoms with Crippen LogP contribution in [0.1, 0.15) is 27.7 Å². The molecule has 0 saturated heterocycles. The van der Waals surface area contributed by atoms with Gasteiger partial charge in [-0.05, 0) is 39.1 Å². The van der Waals surface area contributed by atoms with Crippen LogP contribution in [0.2, 0.25) is 0 Å². The summed E-state index contributed by atoms with van der Waals surface area (Å²) in [5.74, 6) is -1.65. The van der Waals surface area contributed by atoms with E-state index in [2.05, 4.69) is 0 Å². The Morgan fingerprint density at radius 3 is 1.60 bits per heavy atom. The average Bonchev–Trinajstić information content (AvgIpc) is 2.37. The summed E-state index contributed by atoms with van der Waals surface area (Å²) < 4.78 is 32.0. The number of ether oxygens (including phenoxy) is 2. The molecule has 0 N–H and O–H groups in total. The van der Waals surface area contributed by atoms with Crippen LogP contribution in [-0.2, 0) is 32.7 Å². The lowest BCUT2D eigenvalue weighted by Crippen LogP contribution is -2.31. The van der Waals surface area contributed by atoms with E-state index in [1.807, 2.05) is 0 Å². The summed E-state index contributed by atoms with van der Waals surface area (Å²) in [5.41, 5.74) is 0. The number of carbonyl (C=O) groups excluding carboxylic acids is 2. The standard InChI is InChI=1S/C11H21O7PS/c1-5-15-10(12)9(11(13)16-6-2)20-19(14,17-7-3)18-8-4/h9H,5-8H2,1-4H3. The zero-order valence-corrected chi connectivity index (χ0v) is 13.8. The van der Waals surface area contributed by atoms with Gasteiger partial charge in [-0.2, -0.15) is 0 Å². The minimum atomic E-state index is -3.62. The Morgan fingerprint density at radius 1 is 0.900 bits per heavy atom. The molecule has 118 valence electrons. The molecular weight excluding hydrogens is 307 g/mol. The molecule has 9 heteroatoms. The summed E-state index contributed by atoms with van der Waals surface area (Å²) in [4.78, 5) is 23.5. The maximum absolute atomic E-state index is 12.3. The lowest BCUT2D eigenvalue weighted by molar-refractivity contribution is -0.152. The van der Waals surface area contributed by atoms with Gasteiger partial charge in [-0.25, -0.2) is 4.57 Å². The summed E-state index contributed by atoms with van der Waals surface area (Å²) in [6, 6.07) is 0. The quantitative estimate of drug-likeness (QED) is 0.343. The van der Waals surface area contributed by atoms with Gasteiger partial charge < -0.3 is 18.5 Å². The van der Waals surface area contributed by atoms with Crippen LogP contribution in [0.5, 0.6) is 0 Å². The predicted molar refractivity (Wildman–Crippen MR) is 75.5 cm³/mol. The van der Waals surface area contributed by atoms with Gasteiger partial charge in [-0.1, -0.05) is 0 Å². The molecule has 0 aliphatic heterocycles. The van der Waals surface area contributed by atoms with E-state index in [4.69, 9.17) is 18.5 Å². The van der Waals surface area contributed by atoms with E-state index in [1.54, 1.807) is 27.7 Å². The monoisotopic (exact) mass is 328 g/mol. The summed E-state index contributed by atoms with van der Waals surface area (Å²) in [6.45, 7) is 3.32. The number of carbonyl (C=O) groups is 2. The molecule has 7 nitrogen and oxygen atoms in total. The maximum Gasteiger partial charge on any atom is 0.390 e. The zero-order valence-electron chi connectivity index (χ0n) is 12.1. The van der Waals surface area contributed by atoms with E-state index in [-0.39, 0.29) is 26.4 Å². The van der Waals surface area contributed by atoms with Crippen LogP contribution in [0, 0.1) is 0 Å². The van der Waals surface area contributed by atoms with E-state index in [0.29, 0.717) is 11.4 Å². The lowest BCUT2D eigenvalue weighted by atomic mass is 10.4. The Morgan fingerprint density at radius 2 is 1.30 bits per heavy atom. The van der Waals surface area contributed by atoms with Crippen LogP contribution in [0.25, 0.3) is 0 Å². The molecule has 0 spiro atoms. The predicted octanol–water partition coefficient (Wildman–Crippen LogP) is 2.40. The van der Waals surface area contributed by atoms with Crippen LogP contribution in [0.4, 0.5) is 0 Å². The maximum atomic E-state index is 12.3. The second kappa shape index (κ2) is 10.2. The van der Waals surface area contributed by atoms with Crippen molar-refractivity contribution in [3.63, 3.8) is 0 Å². The SMILES string of the molecule is CCOC(=O)C(SP(=O)(OCC)OCC)C(=O)OCC. The molecular formula is C11H21O7PS. The van der Waals surface area contributed by atoms with Gasteiger partial charge in [-0.15, -0.1) is 0 Å². The summed E-state index contributed by atoms with van der Waals surface area (Å²) in [7, 11) is 0. The Balaban J connectivity index is 5.05. The van der Waals surface area contributed by atoms with Crippen LogP contribution in [0.3, 0.4) is 0 Å². The van der Waals surface area contributed by atoms with Gasteiger partial charge in [0, 0.05) is 0 Å². The van der Waals surface area contributed by atoms with Crippen molar-refractivity contribution in [3.8, 4) is 0 Å². The van der Waals surface area contributed by atoms with E-state index in [0.717, 1.165) is 0 Å². The first-order valence-corrected chi connectivity index (χ1v) is 9.37. The second-order valence-corrected chi connectivity index (χ2v) is 7.34. The van der Waals surface area contributed by atoms with Crippen molar-refractivity contribution < 1.29 is 32.7 Å². The number of hydrogen-bond acceptors (Lipinski definition) is 8. The third-order valence-corrected chi connectivity index (χ3v) is 5.85. The van der Waals surface area contributed by atoms with Crippen molar-refractivity contribution in [2.75, 3.05) is 26.4 Å². The fourth-order valence-electron chi connectivity index (χ4n) is 1.16. The normalized spacial score (nSPS) is 11.4. The molecule has 0 radical (unpaired) electrons. The number of rotatable bonds is 10. The molecule has 0 saturated carbocycles. The molecule has 0 aromatic carbocycles. The van der Waals surface area contributed by atoms with Crippen molar-refractivity contribution in [2.24, 2.45) is 0 Å². The van der Waals surface area contributed by atoms with Gasteiger partial charge in [-0.3, -0.25) is 9.59 Å². The van der Waals surface area contributed by atoms with E-state index < -0.39 is 24.0 Å². The first-order valence-electron chi connectivity index (χ1n) is 6.34. The fourth-order valence-corrected chi connectivity index (χ4v) is 4.85. The topological polar surface area (TPSA) is 88.1 Å². The van der Waals surface area contributed by atoms with Crippen LogP contribution in [-0.4, -0.2) is 43.6 Å². The van der Waals surface area contributed by atoms with E-state index >= 15 is 0 Å². The Hall–Kier alpha value is -0.560. The van der Waals surface area contributed by atoms with Gasteiger partial charge in [0.25, 0.3) is 0 Å². The summed E-state index contributed by atoms with van der Waals surface area (Å²) >= 11 is 0.499. The van der Waals surface area contributed by atoms with Crippen LogP contribution >= 0.6 is 18.2 Å². The average molecular weight is 328 g/mol. The van der Waals surface area contributed by atoms with Crippen LogP contribution in [0.15, 0.2) is 0 Å². The van der Waals surface area contributed by atoms with Crippen molar-refractivity contribution >= 4 is 30.1 Å². The molecule has 0 bridgehead atoms. The van der Waals surface area contributed by atoms with Gasteiger partial charge in [0.15, 0.2) is 0 Å². The minimum absolute atomic E-state index is 0.100. The largest absolute Gasteiger partial charge is 0.465 e. The third kappa shape index (κ3) is 6.74. The van der Waals surface area contributed by atoms with E-state index in [9.17, 15) is 14.2 Å². The molecule has 0 aromatic rings. The molecule has 20 heavy (non-hydrogen) atoms. The molecule has 0 aliphatic carbocycles. The molecule has 0 rings (SSSR count). The van der Waals surface area contributed by atoms with Gasteiger partial charge in [0.1, 0.15) is 0 Å². The molecule has 0 atom stereocenters. The van der Waals surface area contributed by atoms with Crippen molar-refractivity contribution in [2.45, 2.75) is 32.9 Å². The lowest BCUT2D eigenvalue weighted by Gasteiger charge is -2.20. The molecule has 0 aliphatic rings. The molecule has 0 unspecified atom stereocenters. The summed E-state index contributed by atoms with van der Waals surface area (Å²) in [5, 5.41) is -1.39. The first-order chi connectivity index (χ1) is 9.44. The molecule has 0 amide bonds. The molecule has 0 fully saturated rings. The minimum Gasteiger partial charge on any atom is -0.465 e. The third-order valence-electron chi connectivity index (χ3n) is 1.81. The Labute approximate surface area is 123 Å². The molecule has 0 aromatic heterocycles. The zero-order chi connectivity index (χ0) is 15.6. The van der Waals surface area contributed by atoms with Gasteiger partial charge in [0.2, 0.25) is 5.25 Å². The van der Waals surface area contributed by atoms with Crippen molar-refractivity contribution in [1.29, 1.82) is 0 Å². The smallest absolute Gasteiger partial charge is 0.390 e. The Bertz CT molecular complexity index is 333.